The number of aryl methyl sites for hydroxylation is 1. The van der Waals surface area contributed by atoms with Crippen LogP contribution in [0.2, 0.25) is 12.6 Å². The molecule has 3 amide bonds. The molecule has 235 valence electrons. The topological polar surface area (TPSA) is 181 Å². The van der Waals surface area contributed by atoms with Crippen molar-refractivity contribution in [3.05, 3.63) is 71.3 Å². The Balaban J connectivity index is 1.89. The molecule has 4 atom stereocenters. The number of nitrogens with zero attached hydrogens (tertiary/aromatic N) is 1. The highest BCUT2D eigenvalue weighted by Crippen LogP contribution is 2.10. The minimum absolute atomic E-state index is 0.0668. The summed E-state index contributed by atoms with van der Waals surface area (Å²) in [5.41, 5.74) is 13.8. The van der Waals surface area contributed by atoms with Crippen LogP contribution in [-0.2, 0) is 32.0 Å². The summed E-state index contributed by atoms with van der Waals surface area (Å²) in [6, 6.07) is 14.1. The Labute approximate surface area is 260 Å². The molecule has 0 aromatic heterocycles. The lowest BCUT2D eigenvalue weighted by molar-refractivity contribution is -0.133. The molecule has 2 aromatic carbocycles. The Morgan fingerprint density at radius 2 is 1.43 bits per heavy atom. The largest absolute Gasteiger partial charge is 0.370 e. The van der Waals surface area contributed by atoms with E-state index < -0.39 is 36.0 Å². The van der Waals surface area contributed by atoms with Gasteiger partial charge >= 0.3 is 0 Å². The van der Waals surface area contributed by atoms with Gasteiger partial charge < -0.3 is 32.7 Å². The van der Waals surface area contributed by atoms with E-state index >= 15 is 0 Å². The number of benzene rings is 2. The quantitative estimate of drug-likeness (QED) is 0.112. The van der Waals surface area contributed by atoms with Gasteiger partial charge in [0.15, 0.2) is 11.7 Å². The van der Waals surface area contributed by atoms with Gasteiger partial charge in [0, 0.05) is 19.4 Å². The number of guanidine groups is 1. The SMILES string of the molecule is Cc1ccc(C[C@@H]2NCC[B]CCC(=O)[C@H](C)NC(=O)[C@H](CCCN=C(N)N)NC(=O)[C@@H](Cc3ccccc3)NC2=O)cc1. The normalized spacial score (nSPS) is 22.5. The van der Waals surface area contributed by atoms with Gasteiger partial charge in [0.2, 0.25) is 17.7 Å². The summed E-state index contributed by atoms with van der Waals surface area (Å²) in [6.45, 7) is 4.44. The number of carbonyl (C=O) groups excluding carboxylic acids is 4. The second-order valence-electron chi connectivity index (χ2n) is 11.3. The van der Waals surface area contributed by atoms with E-state index in [1.165, 1.54) is 0 Å². The Morgan fingerprint density at radius 3 is 2.14 bits per heavy atom. The van der Waals surface area contributed by atoms with Gasteiger partial charge in [0.05, 0.1) is 12.1 Å². The molecule has 0 bridgehead atoms. The van der Waals surface area contributed by atoms with Crippen LogP contribution >= 0.6 is 0 Å². The fraction of sp³-hybridized carbons (Fsp3) is 0.469. The number of nitrogens with two attached hydrogens (primary N) is 2. The van der Waals surface area contributed by atoms with E-state index in [1.54, 1.807) is 6.92 Å². The monoisotopic (exact) mass is 602 g/mol. The van der Waals surface area contributed by atoms with Crippen molar-refractivity contribution in [2.75, 3.05) is 13.1 Å². The first kappa shape index (κ1) is 34.3. The lowest BCUT2D eigenvalue weighted by atomic mass is 9.69. The molecule has 2 aromatic rings. The van der Waals surface area contributed by atoms with Gasteiger partial charge in [0.1, 0.15) is 19.4 Å². The first-order valence-corrected chi connectivity index (χ1v) is 15.3. The van der Waals surface area contributed by atoms with Gasteiger partial charge in [0.25, 0.3) is 0 Å². The van der Waals surface area contributed by atoms with E-state index in [0.29, 0.717) is 32.0 Å². The summed E-state index contributed by atoms with van der Waals surface area (Å²) in [5.74, 6) is -1.48. The molecule has 1 aliphatic heterocycles. The van der Waals surface area contributed by atoms with Crippen molar-refractivity contribution in [2.45, 2.75) is 82.8 Å². The average Bonchev–Trinajstić information content (AvgIpc) is 3.00. The first-order chi connectivity index (χ1) is 21.1. The summed E-state index contributed by atoms with van der Waals surface area (Å²) >= 11 is 0. The molecule has 1 saturated heterocycles. The van der Waals surface area contributed by atoms with Crippen LogP contribution in [0, 0.1) is 6.92 Å². The predicted octanol–water partition coefficient (Wildman–Crippen LogP) is 0.780. The molecule has 11 nitrogen and oxygen atoms in total. The molecule has 8 N–H and O–H groups in total. The molecule has 0 unspecified atom stereocenters. The number of carbonyl (C=O) groups is 4. The summed E-state index contributed by atoms with van der Waals surface area (Å²) < 4.78 is 0. The van der Waals surface area contributed by atoms with Gasteiger partial charge in [-0.05, 0) is 50.8 Å². The highest BCUT2D eigenvalue weighted by molar-refractivity contribution is 6.36. The number of hydrogen-bond donors (Lipinski definition) is 6. The minimum atomic E-state index is -0.967. The van der Waals surface area contributed by atoms with Crippen molar-refractivity contribution in [1.29, 1.82) is 0 Å². The van der Waals surface area contributed by atoms with Crippen LogP contribution in [-0.4, -0.2) is 74.0 Å². The standard InChI is InChI=1S/C32H45BN7O4/c1-21-10-12-24(13-11-21)19-26-30(43)40-27(20-23-7-4-3-5-8-23)31(44)39-25(9-6-17-37-32(34)35)29(42)38-22(2)28(41)14-15-33-16-18-36-26/h3-5,7-8,10-13,22,25-27,36H,6,9,14-20H2,1-2H3,(H,38,42)(H,39,44)(H,40,43)(H4,34,35,37)/t22-,25-,26-,27+/m0/s1. The Bertz CT molecular complexity index is 1270. The highest BCUT2D eigenvalue weighted by Gasteiger charge is 2.30. The summed E-state index contributed by atoms with van der Waals surface area (Å²) in [4.78, 5) is 57.6. The van der Waals surface area contributed by atoms with Crippen molar-refractivity contribution >= 4 is 36.7 Å². The molecule has 1 aliphatic rings. The minimum Gasteiger partial charge on any atom is -0.370 e. The zero-order valence-corrected chi connectivity index (χ0v) is 25.7. The first-order valence-electron chi connectivity index (χ1n) is 15.3. The lowest BCUT2D eigenvalue weighted by Gasteiger charge is -2.26. The maximum atomic E-state index is 13.8. The van der Waals surface area contributed by atoms with E-state index in [-0.39, 0.29) is 43.5 Å². The van der Waals surface area contributed by atoms with E-state index in [1.807, 2.05) is 68.8 Å². The van der Waals surface area contributed by atoms with Crippen molar-refractivity contribution in [3.63, 3.8) is 0 Å². The van der Waals surface area contributed by atoms with Crippen LogP contribution in [0.3, 0.4) is 0 Å². The molecule has 12 heteroatoms. The Hall–Kier alpha value is -4.19. The summed E-state index contributed by atoms with van der Waals surface area (Å²) in [5, 5.41) is 11.9. The van der Waals surface area contributed by atoms with Crippen LogP contribution in [0.4, 0.5) is 0 Å². The third-order valence-electron chi connectivity index (χ3n) is 7.55. The van der Waals surface area contributed by atoms with Gasteiger partial charge in [-0.3, -0.25) is 24.2 Å². The maximum absolute atomic E-state index is 13.8. The number of nitrogens with one attached hydrogen (secondary N) is 4. The lowest BCUT2D eigenvalue weighted by Crippen LogP contribution is -2.58. The van der Waals surface area contributed by atoms with Crippen molar-refractivity contribution in [2.24, 2.45) is 16.5 Å². The zero-order valence-electron chi connectivity index (χ0n) is 25.7. The highest BCUT2D eigenvalue weighted by atomic mass is 16.2. The van der Waals surface area contributed by atoms with E-state index in [4.69, 9.17) is 11.5 Å². The van der Waals surface area contributed by atoms with Crippen molar-refractivity contribution in [3.8, 4) is 0 Å². The van der Waals surface area contributed by atoms with E-state index in [2.05, 4.69) is 26.3 Å². The molecule has 1 fully saturated rings. The molecule has 1 radical (unpaired) electrons. The second-order valence-corrected chi connectivity index (χ2v) is 11.3. The third kappa shape index (κ3) is 11.8. The van der Waals surface area contributed by atoms with E-state index in [0.717, 1.165) is 16.7 Å². The number of aliphatic imine (C=N–C) groups is 1. The number of amides is 3. The molecule has 0 aliphatic carbocycles. The van der Waals surface area contributed by atoms with Crippen LogP contribution < -0.4 is 32.7 Å². The number of rotatable bonds is 8. The van der Waals surface area contributed by atoms with E-state index in [9.17, 15) is 19.2 Å². The van der Waals surface area contributed by atoms with Crippen molar-refractivity contribution in [1.82, 2.24) is 21.3 Å². The molecular formula is C32H45BN7O4. The number of ketones is 1. The average molecular weight is 603 g/mol. The molecule has 3 rings (SSSR count). The Morgan fingerprint density at radius 1 is 0.818 bits per heavy atom. The maximum Gasteiger partial charge on any atom is 0.243 e. The third-order valence-corrected chi connectivity index (χ3v) is 7.55. The van der Waals surface area contributed by atoms with Gasteiger partial charge in [-0.2, -0.15) is 0 Å². The van der Waals surface area contributed by atoms with Crippen LogP contribution in [0.15, 0.2) is 59.6 Å². The van der Waals surface area contributed by atoms with Gasteiger partial charge in [-0.25, -0.2) is 0 Å². The van der Waals surface area contributed by atoms with Crippen molar-refractivity contribution < 1.29 is 19.2 Å². The van der Waals surface area contributed by atoms with Gasteiger partial charge in [-0.1, -0.05) is 72.8 Å². The molecule has 1 heterocycles. The summed E-state index contributed by atoms with van der Waals surface area (Å²) in [7, 11) is 2.01. The Kier molecular flexibility index (Phi) is 13.9. The summed E-state index contributed by atoms with van der Waals surface area (Å²) in [6.07, 6.45) is 2.76. The molecule has 0 saturated carbocycles. The fourth-order valence-electron chi connectivity index (χ4n) is 4.95. The van der Waals surface area contributed by atoms with Crippen LogP contribution in [0.25, 0.3) is 0 Å². The van der Waals surface area contributed by atoms with Gasteiger partial charge in [-0.15, -0.1) is 0 Å². The smallest absolute Gasteiger partial charge is 0.243 e. The van der Waals surface area contributed by atoms with Crippen LogP contribution in [0.1, 0.15) is 42.9 Å². The number of Topliss-reactive ketones (excluding diaryl/α,β-unsaturated/α-hetero) is 1. The predicted molar refractivity (Wildman–Crippen MR) is 173 cm³/mol. The second kappa shape index (κ2) is 17.8. The molecule has 44 heavy (non-hydrogen) atoms. The number of hydrogen-bond acceptors (Lipinski definition) is 6. The van der Waals surface area contributed by atoms with Crippen LogP contribution in [0.5, 0.6) is 0 Å². The fourth-order valence-corrected chi connectivity index (χ4v) is 4.95. The zero-order chi connectivity index (χ0) is 31.9. The molecular weight excluding hydrogens is 557 g/mol. The molecule has 0 spiro atoms.